The van der Waals surface area contributed by atoms with Crippen molar-refractivity contribution in [3.63, 3.8) is 0 Å². The Kier molecular flexibility index (Phi) is 1.12. The van der Waals surface area contributed by atoms with Crippen LogP contribution in [0.3, 0.4) is 0 Å². The summed E-state index contributed by atoms with van der Waals surface area (Å²) < 4.78 is 0. The molecule has 0 aliphatic rings. The summed E-state index contributed by atoms with van der Waals surface area (Å²) in [5.74, 6) is 0. The van der Waals surface area contributed by atoms with Crippen LogP contribution in [0.25, 0.3) is 0 Å². The molecule has 1 radical (unpaired) electrons. The number of aryl methyl sites for hydroxylation is 1. The Balaban J connectivity index is 3.13. The summed E-state index contributed by atoms with van der Waals surface area (Å²) in [6.45, 7) is 1.86. The summed E-state index contributed by atoms with van der Waals surface area (Å²) in [5, 5.41) is 7.00. The van der Waals surface area contributed by atoms with Crippen molar-refractivity contribution >= 4 is 5.69 Å². The third-order valence-corrected chi connectivity index (χ3v) is 0.904. The Labute approximate surface area is 47.5 Å². The maximum atomic E-state index is 5.36. The van der Waals surface area contributed by atoms with Gasteiger partial charge < -0.3 is 5.73 Å². The summed E-state index contributed by atoms with van der Waals surface area (Å²) in [5.41, 5.74) is 6.85. The number of nitrogens with two attached hydrogens (primary N) is 1. The lowest BCUT2D eigenvalue weighted by molar-refractivity contribution is 1.01. The lowest BCUT2D eigenvalue weighted by Gasteiger charge is -1.90. The van der Waals surface area contributed by atoms with E-state index in [0.29, 0.717) is 5.69 Å². The van der Waals surface area contributed by atoms with Crippen molar-refractivity contribution in [1.29, 1.82) is 0 Å². The molecule has 0 saturated carbocycles. The SMILES string of the molecule is Cc1cnn[c]c1N. The maximum absolute atomic E-state index is 5.36. The van der Waals surface area contributed by atoms with E-state index in [2.05, 4.69) is 16.4 Å². The van der Waals surface area contributed by atoms with E-state index >= 15 is 0 Å². The van der Waals surface area contributed by atoms with E-state index in [1.54, 1.807) is 6.20 Å². The molecule has 1 aromatic heterocycles. The molecule has 0 amide bonds. The lowest BCUT2D eigenvalue weighted by atomic mass is 10.3. The van der Waals surface area contributed by atoms with Gasteiger partial charge in [0.05, 0.1) is 11.9 Å². The Morgan fingerprint density at radius 1 is 1.75 bits per heavy atom. The number of nitrogen functional groups attached to an aromatic ring is 1. The zero-order valence-corrected chi connectivity index (χ0v) is 4.55. The lowest BCUT2D eigenvalue weighted by Crippen LogP contribution is -1.91. The monoisotopic (exact) mass is 108 g/mol. The van der Waals surface area contributed by atoms with Crippen molar-refractivity contribution in [3.8, 4) is 0 Å². The van der Waals surface area contributed by atoms with Crippen LogP contribution in [0.2, 0.25) is 0 Å². The molecular weight excluding hydrogens is 102 g/mol. The minimum atomic E-state index is 0.569. The standard InChI is InChI=1S/C5H6N3/c1-4-2-7-8-3-5(4)6/h2H,1H3,(H2,6,7). The van der Waals surface area contributed by atoms with Crippen LogP contribution in [-0.4, -0.2) is 10.2 Å². The summed E-state index contributed by atoms with van der Waals surface area (Å²) in [6.07, 6.45) is 4.12. The maximum Gasteiger partial charge on any atom is 0.138 e. The molecule has 1 rings (SSSR count). The van der Waals surface area contributed by atoms with Crippen LogP contribution in [0.4, 0.5) is 5.69 Å². The highest BCUT2D eigenvalue weighted by molar-refractivity contribution is 5.39. The topological polar surface area (TPSA) is 51.8 Å². The van der Waals surface area contributed by atoms with E-state index in [9.17, 15) is 0 Å². The second kappa shape index (κ2) is 1.78. The van der Waals surface area contributed by atoms with Crippen LogP contribution in [-0.2, 0) is 0 Å². The van der Waals surface area contributed by atoms with E-state index < -0.39 is 0 Å². The zero-order chi connectivity index (χ0) is 5.98. The molecule has 0 bridgehead atoms. The fourth-order valence-electron chi connectivity index (χ4n) is 0.356. The van der Waals surface area contributed by atoms with Gasteiger partial charge in [-0.05, 0) is 12.5 Å². The van der Waals surface area contributed by atoms with Gasteiger partial charge in [0.25, 0.3) is 0 Å². The smallest absolute Gasteiger partial charge is 0.138 e. The van der Waals surface area contributed by atoms with Crippen molar-refractivity contribution < 1.29 is 0 Å². The molecule has 0 saturated heterocycles. The molecule has 1 aromatic rings. The molecule has 0 aliphatic carbocycles. The molecule has 8 heavy (non-hydrogen) atoms. The molecule has 3 heteroatoms. The first-order valence-electron chi connectivity index (χ1n) is 2.26. The van der Waals surface area contributed by atoms with Gasteiger partial charge in [-0.3, -0.25) is 0 Å². The quantitative estimate of drug-likeness (QED) is 0.515. The van der Waals surface area contributed by atoms with Crippen LogP contribution in [0.1, 0.15) is 5.56 Å². The van der Waals surface area contributed by atoms with Gasteiger partial charge >= 0.3 is 0 Å². The Bertz CT molecular complexity index is 164. The second-order valence-corrected chi connectivity index (χ2v) is 1.55. The summed E-state index contributed by atoms with van der Waals surface area (Å²) in [4.78, 5) is 0. The molecular formula is C5H6N3. The van der Waals surface area contributed by atoms with E-state index in [-0.39, 0.29) is 0 Å². The van der Waals surface area contributed by atoms with Gasteiger partial charge in [-0.2, -0.15) is 5.10 Å². The average molecular weight is 108 g/mol. The van der Waals surface area contributed by atoms with E-state index in [4.69, 9.17) is 5.73 Å². The largest absolute Gasteiger partial charge is 0.397 e. The Morgan fingerprint density at radius 3 is 2.88 bits per heavy atom. The molecule has 0 unspecified atom stereocenters. The number of anilines is 1. The second-order valence-electron chi connectivity index (χ2n) is 1.55. The summed E-state index contributed by atoms with van der Waals surface area (Å²) in [6, 6.07) is 0. The van der Waals surface area contributed by atoms with Gasteiger partial charge in [-0.1, -0.05) is 0 Å². The first-order valence-corrected chi connectivity index (χ1v) is 2.26. The van der Waals surface area contributed by atoms with E-state index in [1.165, 1.54) is 0 Å². The van der Waals surface area contributed by atoms with Gasteiger partial charge in [-0.15, -0.1) is 5.10 Å². The predicted molar refractivity (Wildman–Crippen MR) is 30.0 cm³/mol. The third-order valence-electron chi connectivity index (χ3n) is 0.904. The molecule has 0 fully saturated rings. The molecule has 0 aliphatic heterocycles. The average Bonchev–Trinajstić information content (AvgIpc) is 1.77. The predicted octanol–water partition coefficient (Wildman–Crippen LogP) is 0.167. The van der Waals surface area contributed by atoms with Gasteiger partial charge in [0.1, 0.15) is 6.20 Å². The summed E-state index contributed by atoms with van der Waals surface area (Å²) >= 11 is 0. The molecule has 0 aromatic carbocycles. The Morgan fingerprint density at radius 2 is 2.50 bits per heavy atom. The number of hydrogen-bond donors (Lipinski definition) is 1. The highest BCUT2D eigenvalue weighted by Gasteiger charge is 1.88. The van der Waals surface area contributed by atoms with Crippen molar-refractivity contribution in [1.82, 2.24) is 10.2 Å². The van der Waals surface area contributed by atoms with Crippen LogP contribution in [0, 0.1) is 13.1 Å². The highest BCUT2D eigenvalue weighted by Crippen LogP contribution is 2.01. The van der Waals surface area contributed by atoms with Crippen molar-refractivity contribution in [2.45, 2.75) is 6.92 Å². The van der Waals surface area contributed by atoms with Crippen LogP contribution in [0.5, 0.6) is 0 Å². The fraction of sp³-hybridized carbons (Fsp3) is 0.200. The van der Waals surface area contributed by atoms with E-state index in [1.807, 2.05) is 6.92 Å². The molecule has 0 atom stereocenters. The number of aromatic nitrogens is 2. The number of hydrogen-bond acceptors (Lipinski definition) is 3. The van der Waals surface area contributed by atoms with Gasteiger partial charge in [-0.25, -0.2) is 0 Å². The van der Waals surface area contributed by atoms with Crippen LogP contribution < -0.4 is 5.73 Å². The Hall–Kier alpha value is -1.12. The van der Waals surface area contributed by atoms with Gasteiger partial charge in [0, 0.05) is 0 Å². The molecule has 0 spiro atoms. The van der Waals surface area contributed by atoms with Gasteiger partial charge in [0.15, 0.2) is 0 Å². The van der Waals surface area contributed by atoms with Crippen molar-refractivity contribution in [2.24, 2.45) is 0 Å². The minimum Gasteiger partial charge on any atom is -0.397 e. The van der Waals surface area contributed by atoms with Crippen LogP contribution in [0.15, 0.2) is 6.20 Å². The minimum absolute atomic E-state index is 0.569. The number of rotatable bonds is 0. The molecule has 2 N–H and O–H groups in total. The van der Waals surface area contributed by atoms with Crippen LogP contribution >= 0.6 is 0 Å². The van der Waals surface area contributed by atoms with Gasteiger partial charge in [0.2, 0.25) is 0 Å². The fourth-order valence-corrected chi connectivity index (χ4v) is 0.356. The zero-order valence-electron chi connectivity index (χ0n) is 4.55. The molecule has 41 valence electrons. The van der Waals surface area contributed by atoms with Crippen molar-refractivity contribution in [3.05, 3.63) is 18.0 Å². The third kappa shape index (κ3) is 0.753. The number of nitrogens with zero attached hydrogens (tertiary/aromatic N) is 2. The first-order chi connectivity index (χ1) is 3.80. The highest BCUT2D eigenvalue weighted by atomic mass is 15.1. The molecule has 3 nitrogen and oxygen atoms in total. The first kappa shape index (κ1) is 5.03. The van der Waals surface area contributed by atoms with Crippen molar-refractivity contribution in [2.75, 3.05) is 5.73 Å². The normalized spacial score (nSPS) is 9.12. The summed E-state index contributed by atoms with van der Waals surface area (Å²) in [7, 11) is 0. The van der Waals surface area contributed by atoms with E-state index in [0.717, 1.165) is 5.56 Å². The molecule has 1 heterocycles.